The van der Waals surface area contributed by atoms with E-state index in [1.54, 1.807) is 17.8 Å². The fourth-order valence-electron chi connectivity index (χ4n) is 2.53. The molecule has 1 atom stereocenters. The Hall–Kier alpha value is -1.74. The second-order valence-corrected chi connectivity index (χ2v) is 7.67. The molecule has 3 rings (SSSR count). The molecular formula is C21H16Cl2OS. The lowest BCUT2D eigenvalue weighted by atomic mass is 10.0. The van der Waals surface area contributed by atoms with Gasteiger partial charge in [-0.1, -0.05) is 83.9 Å². The van der Waals surface area contributed by atoms with Gasteiger partial charge in [-0.3, -0.25) is 4.79 Å². The van der Waals surface area contributed by atoms with E-state index in [1.807, 2.05) is 72.8 Å². The Morgan fingerprint density at radius 3 is 2.16 bits per heavy atom. The number of rotatable bonds is 6. The zero-order valence-corrected chi connectivity index (χ0v) is 15.7. The molecule has 1 nitrogen and oxygen atoms in total. The largest absolute Gasteiger partial charge is 0.294 e. The van der Waals surface area contributed by atoms with Gasteiger partial charge in [0.05, 0.1) is 5.02 Å². The van der Waals surface area contributed by atoms with Crippen LogP contribution in [0.15, 0.2) is 83.8 Å². The van der Waals surface area contributed by atoms with E-state index in [-0.39, 0.29) is 11.0 Å². The van der Waals surface area contributed by atoms with Gasteiger partial charge in [-0.2, -0.15) is 0 Å². The molecule has 0 aliphatic carbocycles. The summed E-state index contributed by atoms with van der Waals surface area (Å²) < 4.78 is 0. The molecule has 0 aliphatic heterocycles. The summed E-state index contributed by atoms with van der Waals surface area (Å²) in [6, 6.07) is 24.9. The standard InChI is InChI=1S/C21H16Cl2OS/c22-17-11-12-20(18(23)13-17)25-21(16-9-5-2-6-10-16)14-19(24)15-7-3-1-4-8-15/h1-13,21H,14H2/t21-/m0/s1. The smallest absolute Gasteiger partial charge is 0.164 e. The summed E-state index contributed by atoms with van der Waals surface area (Å²) in [5, 5.41) is 1.18. The number of carbonyl (C=O) groups is 1. The zero-order valence-electron chi connectivity index (χ0n) is 13.4. The average molecular weight is 387 g/mol. The van der Waals surface area contributed by atoms with Crippen molar-refractivity contribution in [2.24, 2.45) is 0 Å². The van der Waals surface area contributed by atoms with Crippen molar-refractivity contribution in [3.8, 4) is 0 Å². The van der Waals surface area contributed by atoms with E-state index in [1.165, 1.54) is 0 Å². The van der Waals surface area contributed by atoms with Gasteiger partial charge in [0.25, 0.3) is 0 Å². The molecule has 0 saturated heterocycles. The van der Waals surface area contributed by atoms with E-state index in [0.29, 0.717) is 16.5 Å². The van der Waals surface area contributed by atoms with Crippen LogP contribution in [0.1, 0.15) is 27.6 Å². The van der Waals surface area contributed by atoms with Gasteiger partial charge < -0.3 is 0 Å². The van der Waals surface area contributed by atoms with Crippen LogP contribution in [0.3, 0.4) is 0 Å². The van der Waals surface area contributed by atoms with E-state index in [9.17, 15) is 4.79 Å². The van der Waals surface area contributed by atoms with Crippen LogP contribution in [0.2, 0.25) is 10.0 Å². The van der Waals surface area contributed by atoms with Gasteiger partial charge in [0, 0.05) is 27.2 Å². The van der Waals surface area contributed by atoms with Crippen LogP contribution in [0.5, 0.6) is 0 Å². The Bertz CT molecular complexity index is 850. The maximum atomic E-state index is 12.7. The molecule has 0 N–H and O–H groups in total. The number of ketones is 1. The van der Waals surface area contributed by atoms with Crippen LogP contribution in [0, 0.1) is 0 Å². The SMILES string of the molecule is O=C(C[C@H](Sc1ccc(Cl)cc1Cl)c1ccccc1)c1ccccc1. The lowest BCUT2D eigenvalue weighted by Gasteiger charge is -2.17. The summed E-state index contributed by atoms with van der Waals surface area (Å²) in [5.74, 6) is 0.118. The maximum absolute atomic E-state index is 12.7. The quantitative estimate of drug-likeness (QED) is 0.331. The molecule has 0 spiro atoms. The van der Waals surface area contributed by atoms with Crippen LogP contribution in [0.25, 0.3) is 0 Å². The molecule has 0 aliphatic rings. The van der Waals surface area contributed by atoms with E-state index >= 15 is 0 Å². The minimum Gasteiger partial charge on any atom is -0.294 e. The highest BCUT2D eigenvalue weighted by atomic mass is 35.5. The number of benzene rings is 3. The normalized spacial score (nSPS) is 11.9. The molecule has 3 aromatic carbocycles. The van der Waals surface area contributed by atoms with Crippen molar-refractivity contribution in [3.05, 3.63) is 100 Å². The van der Waals surface area contributed by atoms with Gasteiger partial charge in [-0.05, 0) is 23.8 Å². The van der Waals surface area contributed by atoms with Gasteiger partial charge >= 0.3 is 0 Å². The summed E-state index contributed by atoms with van der Waals surface area (Å²) in [5.41, 5.74) is 1.83. The van der Waals surface area contributed by atoms with Crippen LogP contribution >= 0.6 is 35.0 Å². The van der Waals surface area contributed by atoms with Crippen molar-refractivity contribution in [3.63, 3.8) is 0 Å². The molecule has 25 heavy (non-hydrogen) atoms. The first-order valence-electron chi connectivity index (χ1n) is 7.88. The molecule has 0 amide bonds. The molecule has 0 fully saturated rings. The number of halogens is 2. The second-order valence-electron chi connectivity index (χ2n) is 5.59. The van der Waals surface area contributed by atoms with E-state index in [0.717, 1.165) is 16.0 Å². The van der Waals surface area contributed by atoms with Crippen molar-refractivity contribution >= 4 is 40.7 Å². The highest BCUT2D eigenvalue weighted by molar-refractivity contribution is 7.99. The summed E-state index contributed by atoms with van der Waals surface area (Å²) in [7, 11) is 0. The average Bonchev–Trinajstić information content (AvgIpc) is 2.64. The van der Waals surface area contributed by atoms with Crippen molar-refractivity contribution < 1.29 is 4.79 Å². The van der Waals surface area contributed by atoms with Crippen LogP contribution < -0.4 is 0 Å². The van der Waals surface area contributed by atoms with Crippen LogP contribution in [-0.4, -0.2) is 5.78 Å². The Labute approximate surface area is 162 Å². The molecule has 3 aromatic rings. The maximum Gasteiger partial charge on any atom is 0.164 e. The molecular weight excluding hydrogens is 371 g/mol. The van der Waals surface area contributed by atoms with Crippen LogP contribution in [0.4, 0.5) is 0 Å². The molecule has 0 bridgehead atoms. The zero-order chi connectivity index (χ0) is 17.6. The molecule has 0 unspecified atom stereocenters. The first-order chi connectivity index (χ1) is 12.1. The Morgan fingerprint density at radius 1 is 0.880 bits per heavy atom. The lowest BCUT2D eigenvalue weighted by Crippen LogP contribution is -2.05. The van der Waals surface area contributed by atoms with Gasteiger partial charge in [0.15, 0.2) is 5.78 Å². The predicted molar refractivity (Wildman–Crippen MR) is 107 cm³/mol. The molecule has 4 heteroatoms. The molecule has 0 heterocycles. The third kappa shape index (κ3) is 4.88. The Morgan fingerprint density at radius 2 is 1.52 bits per heavy atom. The minimum absolute atomic E-state index is 0.0208. The van der Waals surface area contributed by atoms with Crippen molar-refractivity contribution in [1.82, 2.24) is 0 Å². The topological polar surface area (TPSA) is 17.1 Å². The van der Waals surface area contributed by atoms with Crippen molar-refractivity contribution in [2.75, 3.05) is 0 Å². The molecule has 126 valence electrons. The Kier molecular flexibility index (Phi) is 6.19. The van der Waals surface area contributed by atoms with E-state index < -0.39 is 0 Å². The predicted octanol–water partition coefficient (Wildman–Crippen LogP) is 7.10. The van der Waals surface area contributed by atoms with Crippen molar-refractivity contribution in [1.29, 1.82) is 0 Å². The monoisotopic (exact) mass is 386 g/mol. The van der Waals surface area contributed by atoms with Crippen LogP contribution in [-0.2, 0) is 0 Å². The minimum atomic E-state index is -0.0208. The van der Waals surface area contributed by atoms with E-state index in [2.05, 4.69) is 0 Å². The fraction of sp³-hybridized carbons (Fsp3) is 0.0952. The van der Waals surface area contributed by atoms with Gasteiger partial charge in [-0.25, -0.2) is 0 Å². The molecule has 0 aromatic heterocycles. The third-order valence-electron chi connectivity index (χ3n) is 3.80. The third-order valence-corrected chi connectivity index (χ3v) is 5.79. The molecule has 0 radical (unpaired) electrons. The fourth-order valence-corrected chi connectivity index (χ4v) is 4.22. The summed E-state index contributed by atoms with van der Waals surface area (Å²) in [6.07, 6.45) is 0.400. The molecule has 0 saturated carbocycles. The number of Topliss-reactive ketones (excluding diaryl/α,β-unsaturated/α-hetero) is 1. The second kappa shape index (κ2) is 8.57. The number of carbonyl (C=O) groups excluding carboxylic acids is 1. The van der Waals surface area contributed by atoms with Crippen molar-refractivity contribution in [2.45, 2.75) is 16.6 Å². The first-order valence-corrected chi connectivity index (χ1v) is 9.52. The van der Waals surface area contributed by atoms with E-state index in [4.69, 9.17) is 23.2 Å². The first kappa shape index (κ1) is 18.1. The number of thioether (sulfide) groups is 1. The number of hydrogen-bond donors (Lipinski definition) is 0. The van der Waals surface area contributed by atoms with Gasteiger partial charge in [0.2, 0.25) is 0 Å². The number of hydrogen-bond acceptors (Lipinski definition) is 2. The van der Waals surface area contributed by atoms with Gasteiger partial charge in [-0.15, -0.1) is 11.8 Å². The Balaban J connectivity index is 1.86. The summed E-state index contributed by atoms with van der Waals surface area (Å²) in [6.45, 7) is 0. The summed E-state index contributed by atoms with van der Waals surface area (Å²) in [4.78, 5) is 13.6. The summed E-state index contributed by atoms with van der Waals surface area (Å²) >= 11 is 13.9. The lowest BCUT2D eigenvalue weighted by molar-refractivity contribution is 0.0982. The van der Waals surface area contributed by atoms with Gasteiger partial charge in [0.1, 0.15) is 0 Å². The highest BCUT2D eigenvalue weighted by Crippen LogP contribution is 2.42. The highest BCUT2D eigenvalue weighted by Gasteiger charge is 2.19.